The van der Waals surface area contributed by atoms with Crippen LogP contribution < -0.4 is 19.3 Å². The number of anilines is 2. The number of pyridine rings is 2. The highest BCUT2D eigenvalue weighted by Crippen LogP contribution is 2.48. The average Bonchev–Trinajstić information content (AvgIpc) is 3.37. The van der Waals surface area contributed by atoms with Gasteiger partial charge in [-0.3, -0.25) is 4.79 Å². The van der Waals surface area contributed by atoms with Gasteiger partial charge >= 0.3 is 0 Å². The van der Waals surface area contributed by atoms with Gasteiger partial charge in [0.15, 0.2) is 5.82 Å². The summed E-state index contributed by atoms with van der Waals surface area (Å²) in [5.74, 6) is 1.84. The van der Waals surface area contributed by atoms with E-state index >= 15 is 0 Å². The van der Waals surface area contributed by atoms with Crippen molar-refractivity contribution in [1.29, 1.82) is 0 Å². The normalized spacial score (nSPS) is 22.5. The van der Waals surface area contributed by atoms with Gasteiger partial charge in [0.1, 0.15) is 16.5 Å². The summed E-state index contributed by atoms with van der Waals surface area (Å²) >= 11 is 0. The Bertz CT molecular complexity index is 1600. The Hall–Kier alpha value is -3.67. The van der Waals surface area contributed by atoms with Crippen LogP contribution >= 0.6 is 0 Å². The van der Waals surface area contributed by atoms with E-state index in [1.807, 2.05) is 18.0 Å². The van der Waals surface area contributed by atoms with Gasteiger partial charge < -0.3 is 14.5 Å². The Morgan fingerprint density at radius 1 is 1.07 bits per heavy atom. The number of amides is 1. The van der Waals surface area contributed by atoms with Crippen LogP contribution in [0, 0.1) is 11.3 Å². The molecule has 0 aromatic carbocycles. The molecule has 2 fully saturated rings. The molecule has 6 heterocycles. The lowest BCUT2D eigenvalue weighted by Crippen LogP contribution is -2.41. The number of nitrogens with zero attached hydrogens (tertiary/aromatic N) is 6. The molecular weight excluding hydrogens is 566 g/mol. The van der Waals surface area contributed by atoms with E-state index in [1.165, 1.54) is 25.1 Å². The van der Waals surface area contributed by atoms with Crippen molar-refractivity contribution in [3.8, 4) is 11.7 Å². The summed E-state index contributed by atoms with van der Waals surface area (Å²) < 4.78 is 36.3. The first-order valence-corrected chi connectivity index (χ1v) is 16.6. The molecule has 1 atom stereocenters. The third kappa shape index (κ3) is 6.34. The van der Waals surface area contributed by atoms with Gasteiger partial charge in [-0.05, 0) is 88.0 Å². The summed E-state index contributed by atoms with van der Waals surface area (Å²) in [4.78, 5) is 27.0. The molecule has 7 rings (SSSR count). The molecule has 1 unspecified atom stereocenters. The first-order chi connectivity index (χ1) is 20.4. The molecule has 4 bridgehead atoms. The lowest BCUT2D eigenvalue weighted by molar-refractivity contribution is 0.0981. The molecule has 1 aliphatic carbocycles. The molecule has 0 spiro atoms. The molecule has 230 valence electrons. The maximum atomic E-state index is 13.6. The maximum Gasteiger partial charge on any atom is 0.268 e. The standard InChI is InChI=1S/C31H41N7O4S/c1-30(2)19-22-7-5-6-16-36(4)25-10-8-23(20-32-25)43(40,41)35-29(39)24-9-11-26(33-28(24)37(30)21-22)38-17-12-27(34-38)42-18-15-31(3)13-14-31/h8-12,17,20,22H,5-7,13-16,18-19,21H2,1-4H3,(H,35,39). The molecule has 3 aromatic rings. The largest absolute Gasteiger partial charge is 0.477 e. The average molecular weight is 608 g/mol. The van der Waals surface area contributed by atoms with Gasteiger partial charge in [-0.1, -0.05) is 13.3 Å². The number of nitrogens with one attached hydrogen (secondary N) is 1. The maximum absolute atomic E-state index is 13.6. The van der Waals surface area contributed by atoms with Gasteiger partial charge in [-0.2, -0.15) is 0 Å². The van der Waals surface area contributed by atoms with Crippen molar-refractivity contribution in [2.75, 3.05) is 36.5 Å². The van der Waals surface area contributed by atoms with Crippen LogP contribution in [0.1, 0.15) is 76.1 Å². The van der Waals surface area contributed by atoms with Crippen LogP contribution in [0.5, 0.6) is 5.88 Å². The number of fused-ring (bicyclic) bond motifs is 8. The summed E-state index contributed by atoms with van der Waals surface area (Å²) in [6.07, 6.45) is 10.6. The van der Waals surface area contributed by atoms with Crippen molar-refractivity contribution in [3.05, 3.63) is 48.3 Å². The van der Waals surface area contributed by atoms with E-state index < -0.39 is 15.9 Å². The van der Waals surface area contributed by atoms with Gasteiger partial charge in [0, 0.05) is 44.1 Å². The second-order valence-electron chi connectivity index (χ2n) is 13.2. The number of hydrogen-bond acceptors (Lipinski definition) is 9. The molecule has 0 radical (unpaired) electrons. The lowest BCUT2D eigenvalue weighted by Gasteiger charge is -2.34. The Morgan fingerprint density at radius 2 is 1.86 bits per heavy atom. The zero-order valence-electron chi connectivity index (χ0n) is 25.4. The van der Waals surface area contributed by atoms with Crippen molar-refractivity contribution < 1.29 is 17.9 Å². The van der Waals surface area contributed by atoms with Gasteiger partial charge in [0.05, 0.1) is 12.2 Å². The van der Waals surface area contributed by atoms with Gasteiger partial charge in [-0.15, -0.1) is 5.10 Å². The van der Waals surface area contributed by atoms with Crippen molar-refractivity contribution in [2.24, 2.45) is 11.3 Å². The first kappa shape index (κ1) is 29.4. The molecule has 3 aliphatic heterocycles. The molecule has 12 heteroatoms. The van der Waals surface area contributed by atoms with Crippen molar-refractivity contribution >= 4 is 27.6 Å². The molecule has 1 amide bonds. The van der Waals surface area contributed by atoms with Crippen molar-refractivity contribution in [3.63, 3.8) is 0 Å². The van der Waals surface area contributed by atoms with Crippen LogP contribution in [0.2, 0.25) is 0 Å². The highest BCUT2D eigenvalue weighted by molar-refractivity contribution is 7.90. The number of aromatic nitrogens is 4. The Balaban J connectivity index is 1.33. The number of sulfonamides is 1. The second-order valence-corrected chi connectivity index (χ2v) is 14.9. The molecule has 11 nitrogen and oxygen atoms in total. The summed E-state index contributed by atoms with van der Waals surface area (Å²) in [7, 11) is -2.21. The third-order valence-electron chi connectivity index (χ3n) is 9.18. The predicted octanol–water partition coefficient (Wildman–Crippen LogP) is 4.58. The fraction of sp³-hybridized carbons (Fsp3) is 0.548. The molecule has 4 aliphatic rings. The quantitative estimate of drug-likeness (QED) is 0.444. The fourth-order valence-corrected chi connectivity index (χ4v) is 7.08. The molecule has 1 N–H and O–H groups in total. The van der Waals surface area contributed by atoms with Crippen LogP contribution in [0.15, 0.2) is 47.6 Å². The zero-order chi connectivity index (χ0) is 30.4. The van der Waals surface area contributed by atoms with E-state index in [-0.39, 0.29) is 16.0 Å². The first-order valence-electron chi connectivity index (χ1n) is 15.1. The zero-order valence-corrected chi connectivity index (χ0v) is 26.2. The molecule has 3 aromatic heterocycles. The van der Waals surface area contributed by atoms with Gasteiger partial charge in [-0.25, -0.2) is 27.8 Å². The van der Waals surface area contributed by atoms with Crippen LogP contribution in [-0.2, 0) is 10.0 Å². The predicted molar refractivity (Wildman–Crippen MR) is 164 cm³/mol. The monoisotopic (exact) mass is 607 g/mol. The molecular formula is C31H41N7O4S. The summed E-state index contributed by atoms with van der Waals surface area (Å²) in [6, 6.07) is 8.27. The SMILES string of the molecule is CN1CCCCC2CN(c3nc(-n4ccc(OCCC5(C)CC5)n4)ccc3C(=O)NS(=O)(=O)c3ccc1nc3)C(C)(C)C2. The summed E-state index contributed by atoms with van der Waals surface area (Å²) in [5, 5.41) is 4.58. The Morgan fingerprint density at radius 3 is 2.60 bits per heavy atom. The fourth-order valence-electron chi connectivity index (χ4n) is 6.17. The van der Waals surface area contributed by atoms with E-state index in [4.69, 9.17) is 9.72 Å². The summed E-state index contributed by atoms with van der Waals surface area (Å²) in [5.41, 5.74) is 0.300. The number of hydrogen-bond donors (Lipinski definition) is 1. The number of rotatable bonds is 5. The number of ether oxygens (including phenoxy) is 1. The number of carbonyl (C=O) groups excluding carboxylic acids is 1. The van der Waals surface area contributed by atoms with Gasteiger partial charge in [0.25, 0.3) is 15.9 Å². The highest BCUT2D eigenvalue weighted by atomic mass is 32.2. The second kappa shape index (κ2) is 11.1. The summed E-state index contributed by atoms with van der Waals surface area (Å²) in [6.45, 7) is 8.72. The van der Waals surface area contributed by atoms with E-state index in [0.717, 1.165) is 45.2 Å². The smallest absolute Gasteiger partial charge is 0.268 e. The van der Waals surface area contributed by atoms with Crippen LogP contribution in [-0.4, -0.2) is 66.4 Å². The molecule has 43 heavy (non-hydrogen) atoms. The topological polar surface area (TPSA) is 123 Å². The van der Waals surface area contributed by atoms with Crippen molar-refractivity contribution in [1.82, 2.24) is 24.5 Å². The third-order valence-corrected chi connectivity index (χ3v) is 10.5. The highest BCUT2D eigenvalue weighted by Gasteiger charge is 2.41. The Labute approximate surface area is 253 Å². The van der Waals surface area contributed by atoms with Crippen LogP contribution in [0.3, 0.4) is 0 Å². The van der Waals surface area contributed by atoms with Crippen LogP contribution in [0.4, 0.5) is 11.6 Å². The van der Waals surface area contributed by atoms with E-state index in [1.54, 1.807) is 29.1 Å². The Kier molecular flexibility index (Phi) is 7.60. The lowest BCUT2D eigenvalue weighted by atomic mass is 9.93. The minimum atomic E-state index is -4.16. The molecule has 1 saturated heterocycles. The van der Waals surface area contributed by atoms with Crippen molar-refractivity contribution in [2.45, 2.75) is 76.2 Å². The minimum absolute atomic E-state index is 0.0743. The van der Waals surface area contributed by atoms with Gasteiger partial charge in [0.2, 0.25) is 5.88 Å². The van der Waals surface area contributed by atoms with E-state index in [0.29, 0.717) is 41.3 Å². The van der Waals surface area contributed by atoms with E-state index in [9.17, 15) is 13.2 Å². The van der Waals surface area contributed by atoms with E-state index in [2.05, 4.69) is 40.5 Å². The minimum Gasteiger partial charge on any atom is -0.477 e. The number of carbonyl (C=O) groups is 1. The van der Waals surface area contributed by atoms with Crippen LogP contribution in [0.25, 0.3) is 5.82 Å². The molecule has 1 saturated carbocycles.